The number of benzene rings is 1. The molecule has 3 aromatic rings. The predicted molar refractivity (Wildman–Crippen MR) is 104 cm³/mol. The smallest absolute Gasteiger partial charge is 0.264 e. The SMILES string of the molecule is CCCN(CCC)C(=O)c1cc2c(C)nn(Cc3ccccc3)c2s1. The number of rotatable bonds is 7. The van der Waals surface area contributed by atoms with Gasteiger partial charge >= 0.3 is 0 Å². The second-order valence-corrected chi connectivity index (χ2v) is 7.38. The first kappa shape index (κ1) is 17.7. The summed E-state index contributed by atoms with van der Waals surface area (Å²) in [6, 6.07) is 12.3. The Morgan fingerprint density at radius 1 is 1.16 bits per heavy atom. The molecule has 0 aliphatic rings. The number of nitrogens with zero attached hydrogens (tertiary/aromatic N) is 3. The molecule has 1 aromatic carbocycles. The van der Waals surface area contributed by atoms with E-state index in [2.05, 4.69) is 31.1 Å². The molecule has 0 spiro atoms. The molecule has 0 radical (unpaired) electrons. The van der Waals surface area contributed by atoms with Gasteiger partial charge in [0.1, 0.15) is 4.83 Å². The fraction of sp³-hybridized carbons (Fsp3) is 0.400. The lowest BCUT2D eigenvalue weighted by atomic mass is 10.2. The molecular weight excluding hydrogens is 330 g/mol. The molecule has 0 N–H and O–H groups in total. The molecule has 132 valence electrons. The van der Waals surface area contributed by atoms with Gasteiger partial charge in [0.15, 0.2) is 0 Å². The lowest BCUT2D eigenvalue weighted by Gasteiger charge is -2.20. The number of hydrogen-bond donors (Lipinski definition) is 0. The Kier molecular flexibility index (Phi) is 5.53. The van der Waals surface area contributed by atoms with E-state index in [4.69, 9.17) is 0 Å². The van der Waals surface area contributed by atoms with Crippen LogP contribution >= 0.6 is 11.3 Å². The van der Waals surface area contributed by atoms with Crippen molar-refractivity contribution < 1.29 is 4.79 Å². The van der Waals surface area contributed by atoms with Crippen LogP contribution in [0.3, 0.4) is 0 Å². The average molecular weight is 356 g/mol. The van der Waals surface area contributed by atoms with E-state index in [1.807, 2.05) is 40.8 Å². The first-order valence-corrected chi connectivity index (χ1v) is 9.75. The highest BCUT2D eigenvalue weighted by molar-refractivity contribution is 7.20. The molecule has 2 heterocycles. The first-order chi connectivity index (χ1) is 12.1. The monoisotopic (exact) mass is 355 g/mol. The van der Waals surface area contributed by atoms with E-state index < -0.39 is 0 Å². The van der Waals surface area contributed by atoms with Gasteiger partial charge in [0, 0.05) is 18.5 Å². The Morgan fingerprint density at radius 3 is 2.48 bits per heavy atom. The van der Waals surface area contributed by atoms with E-state index in [9.17, 15) is 4.79 Å². The molecule has 0 aliphatic carbocycles. The zero-order valence-electron chi connectivity index (χ0n) is 15.2. The zero-order valence-corrected chi connectivity index (χ0v) is 16.0. The van der Waals surface area contributed by atoms with Crippen LogP contribution in [0.2, 0.25) is 0 Å². The molecule has 2 aromatic heterocycles. The van der Waals surface area contributed by atoms with Crippen molar-refractivity contribution in [3.63, 3.8) is 0 Å². The minimum atomic E-state index is 0.149. The topological polar surface area (TPSA) is 38.1 Å². The van der Waals surface area contributed by atoms with Crippen LogP contribution in [-0.2, 0) is 6.54 Å². The van der Waals surface area contributed by atoms with Crippen LogP contribution in [0.1, 0.15) is 47.6 Å². The third kappa shape index (κ3) is 3.76. The van der Waals surface area contributed by atoms with Gasteiger partial charge in [0.2, 0.25) is 0 Å². The number of aromatic nitrogens is 2. The van der Waals surface area contributed by atoms with Gasteiger partial charge in [-0.1, -0.05) is 44.2 Å². The molecule has 0 fully saturated rings. The van der Waals surface area contributed by atoms with Gasteiger partial charge in [-0.15, -0.1) is 11.3 Å². The van der Waals surface area contributed by atoms with Crippen molar-refractivity contribution in [2.75, 3.05) is 13.1 Å². The largest absolute Gasteiger partial charge is 0.338 e. The molecule has 0 saturated carbocycles. The lowest BCUT2D eigenvalue weighted by Crippen LogP contribution is -2.31. The predicted octanol–water partition coefficient (Wildman–Crippen LogP) is 4.72. The van der Waals surface area contributed by atoms with E-state index in [-0.39, 0.29) is 5.91 Å². The van der Waals surface area contributed by atoms with Crippen LogP contribution in [0.25, 0.3) is 10.2 Å². The number of hydrogen-bond acceptors (Lipinski definition) is 3. The summed E-state index contributed by atoms with van der Waals surface area (Å²) in [6.07, 6.45) is 1.97. The number of fused-ring (bicyclic) bond motifs is 1. The maximum Gasteiger partial charge on any atom is 0.264 e. The van der Waals surface area contributed by atoms with Crippen LogP contribution in [0.15, 0.2) is 36.4 Å². The quantitative estimate of drug-likeness (QED) is 0.615. The van der Waals surface area contributed by atoms with Crippen LogP contribution < -0.4 is 0 Å². The van der Waals surface area contributed by atoms with Crippen molar-refractivity contribution in [2.24, 2.45) is 0 Å². The van der Waals surface area contributed by atoms with E-state index in [1.165, 1.54) is 5.56 Å². The summed E-state index contributed by atoms with van der Waals surface area (Å²) in [4.78, 5) is 16.7. The fourth-order valence-corrected chi connectivity index (χ4v) is 4.22. The molecule has 4 nitrogen and oxygen atoms in total. The van der Waals surface area contributed by atoms with Gasteiger partial charge in [0.25, 0.3) is 5.91 Å². The van der Waals surface area contributed by atoms with Crippen molar-refractivity contribution >= 4 is 27.5 Å². The van der Waals surface area contributed by atoms with E-state index in [0.717, 1.165) is 53.3 Å². The number of amides is 1. The van der Waals surface area contributed by atoms with Crippen molar-refractivity contribution in [3.8, 4) is 0 Å². The molecule has 3 rings (SSSR count). The molecular formula is C20H25N3OS. The zero-order chi connectivity index (χ0) is 17.8. The second-order valence-electron chi connectivity index (χ2n) is 6.35. The fourth-order valence-electron chi connectivity index (χ4n) is 3.09. The van der Waals surface area contributed by atoms with Crippen LogP contribution in [-0.4, -0.2) is 33.7 Å². The Hall–Kier alpha value is -2.14. The maximum absolute atomic E-state index is 12.9. The minimum absolute atomic E-state index is 0.149. The highest BCUT2D eigenvalue weighted by Gasteiger charge is 2.20. The van der Waals surface area contributed by atoms with Crippen LogP contribution in [0.4, 0.5) is 0 Å². The normalized spacial score (nSPS) is 11.2. The van der Waals surface area contributed by atoms with Gasteiger partial charge in [-0.25, -0.2) is 0 Å². The number of aryl methyl sites for hydroxylation is 1. The number of carbonyl (C=O) groups excluding carboxylic acids is 1. The highest BCUT2D eigenvalue weighted by Crippen LogP contribution is 2.29. The Balaban J connectivity index is 1.91. The molecule has 0 bridgehead atoms. The van der Waals surface area contributed by atoms with E-state index in [0.29, 0.717) is 0 Å². The Labute approximate surface area is 153 Å². The lowest BCUT2D eigenvalue weighted by molar-refractivity contribution is 0.0760. The van der Waals surface area contributed by atoms with Crippen LogP contribution in [0.5, 0.6) is 0 Å². The van der Waals surface area contributed by atoms with Crippen molar-refractivity contribution in [1.29, 1.82) is 0 Å². The molecule has 0 atom stereocenters. The molecule has 0 saturated heterocycles. The third-order valence-corrected chi connectivity index (χ3v) is 5.40. The number of carbonyl (C=O) groups is 1. The number of thiophene rings is 1. The van der Waals surface area contributed by atoms with Gasteiger partial charge in [-0.2, -0.15) is 5.10 Å². The summed E-state index contributed by atoms with van der Waals surface area (Å²) >= 11 is 1.56. The average Bonchev–Trinajstić information content (AvgIpc) is 3.17. The third-order valence-electron chi connectivity index (χ3n) is 4.27. The van der Waals surface area contributed by atoms with Crippen LogP contribution in [0, 0.1) is 6.92 Å². The van der Waals surface area contributed by atoms with E-state index >= 15 is 0 Å². The molecule has 5 heteroatoms. The van der Waals surface area contributed by atoms with Gasteiger partial charge in [-0.3, -0.25) is 9.48 Å². The van der Waals surface area contributed by atoms with Gasteiger partial charge in [-0.05, 0) is 31.4 Å². The Morgan fingerprint density at radius 2 is 1.84 bits per heavy atom. The molecule has 1 amide bonds. The summed E-state index contributed by atoms with van der Waals surface area (Å²) < 4.78 is 2.02. The summed E-state index contributed by atoms with van der Waals surface area (Å²) in [5.74, 6) is 0.149. The van der Waals surface area contributed by atoms with E-state index in [1.54, 1.807) is 11.3 Å². The summed E-state index contributed by atoms with van der Waals surface area (Å²) in [5.41, 5.74) is 2.20. The first-order valence-electron chi connectivity index (χ1n) is 8.94. The summed E-state index contributed by atoms with van der Waals surface area (Å²) in [5, 5.41) is 5.76. The van der Waals surface area contributed by atoms with Gasteiger partial charge in [0.05, 0.1) is 17.1 Å². The second kappa shape index (κ2) is 7.83. The molecule has 25 heavy (non-hydrogen) atoms. The van der Waals surface area contributed by atoms with Gasteiger partial charge < -0.3 is 4.90 Å². The molecule has 0 unspecified atom stereocenters. The summed E-state index contributed by atoms with van der Waals surface area (Å²) in [6.45, 7) is 8.60. The van der Waals surface area contributed by atoms with Crippen molar-refractivity contribution in [2.45, 2.75) is 40.2 Å². The highest BCUT2D eigenvalue weighted by atomic mass is 32.1. The maximum atomic E-state index is 12.9. The van der Waals surface area contributed by atoms with Crippen molar-refractivity contribution in [3.05, 3.63) is 52.5 Å². The minimum Gasteiger partial charge on any atom is -0.338 e. The molecule has 0 aliphatic heterocycles. The standard InChI is InChI=1S/C20H25N3OS/c1-4-11-22(12-5-2)19(24)18-13-17-15(3)21-23(20(17)25-18)14-16-9-7-6-8-10-16/h6-10,13H,4-5,11-12,14H2,1-3H3. The summed E-state index contributed by atoms with van der Waals surface area (Å²) in [7, 11) is 0. The van der Waals surface area contributed by atoms with Crippen molar-refractivity contribution in [1.82, 2.24) is 14.7 Å². The Bertz CT molecular complexity index is 845.